The van der Waals surface area contributed by atoms with E-state index in [1.54, 1.807) is 0 Å². The van der Waals surface area contributed by atoms with Crippen molar-refractivity contribution in [2.24, 2.45) is 5.73 Å². The van der Waals surface area contributed by atoms with Gasteiger partial charge in [-0.25, -0.2) is 4.98 Å². The Morgan fingerprint density at radius 2 is 2.19 bits per heavy atom. The van der Waals surface area contributed by atoms with Gasteiger partial charge in [-0.05, 0) is 26.7 Å². The predicted octanol–water partition coefficient (Wildman–Crippen LogP) is 1.18. The first kappa shape index (κ1) is 14.9. The molecule has 1 amide bonds. The SMILES string of the molecule is CC1CN(Cc2csc(NC(=O)C3(N)CC3)n2)CC(C)O1. The van der Waals surface area contributed by atoms with Gasteiger partial charge in [-0.1, -0.05) is 0 Å². The maximum atomic E-state index is 11.9. The number of morpholine rings is 1. The standard InChI is InChI=1S/C14H22N4O2S/c1-9-5-18(6-10(2)20-9)7-11-8-21-13(16-11)17-12(19)14(15)3-4-14/h8-10H,3-7,15H2,1-2H3,(H,16,17,19). The third kappa shape index (κ3) is 3.60. The third-order valence-electron chi connectivity index (χ3n) is 3.89. The molecule has 1 aliphatic heterocycles. The van der Waals surface area contributed by atoms with E-state index in [1.807, 2.05) is 5.38 Å². The van der Waals surface area contributed by atoms with Crippen LogP contribution in [0.1, 0.15) is 32.4 Å². The van der Waals surface area contributed by atoms with Crippen LogP contribution in [0.2, 0.25) is 0 Å². The summed E-state index contributed by atoms with van der Waals surface area (Å²) >= 11 is 1.46. The first-order chi connectivity index (χ1) is 9.94. The van der Waals surface area contributed by atoms with Gasteiger partial charge in [-0.15, -0.1) is 11.3 Å². The molecule has 1 aromatic heterocycles. The average molecular weight is 310 g/mol. The van der Waals surface area contributed by atoms with E-state index in [-0.39, 0.29) is 18.1 Å². The van der Waals surface area contributed by atoms with Crippen LogP contribution < -0.4 is 11.1 Å². The van der Waals surface area contributed by atoms with Crippen LogP contribution >= 0.6 is 11.3 Å². The van der Waals surface area contributed by atoms with Gasteiger partial charge in [-0.2, -0.15) is 0 Å². The minimum Gasteiger partial charge on any atom is -0.373 e. The fourth-order valence-corrected chi connectivity index (χ4v) is 3.36. The lowest BCUT2D eigenvalue weighted by Gasteiger charge is -2.34. The number of hydrogen-bond acceptors (Lipinski definition) is 6. The van der Waals surface area contributed by atoms with Gasteiger partial charge in [0, 0.05) is 25.0 Å². The minimum atomic E-state index is -0.652. The Morgan fingerprint density at radius 3 is 2.81 bits per heavy atom. The van der Waals surface area contributed by atoms with Crippen LogP contribution in [0, 0.1) is 0 Å². The number of hydrogen-bond donors (Lipinski definition) is 2. The Morgan fingerprint density at radius 1 is 1.52 bits per heavy atom. The van der Waals surface area contributed by atoms with Crippen molar-refractivity contribution >= 4 is 22.4 Å². The Balaban J connectivity index is 1.56. The molecule has 0 bridgehead atoms. The fraction of sp³-hybridized carbons (Fsp3) is 0.714. The normalized spacial score (nSPS) is 28.3. The second kappa shape index (κ2) is 5.64. The third-order valence-corrected chi connectivity index (χ3v) is 4.70. The summed E-state index contributed by atoms with van der Waals surface area (Å²) in [7, 11) is 0. The number of nitrogens with zero attached hydrogens (tertiary/aromatic N) is 2. The zero-order valence-electron chi connectivity index (χ0n) is 12.5. The van der Waals surface area contributed by atoms with Crippen LogP contribution in [0.3, 0.4) is 0 Å². The van der Waals surface area contributed by atoms with Gasteiger partial charge < -0.3 is 15.8 Å². The Labute approximate surface area is 128 Å². The number of ether oxygens (including phenoxy) is 1. The van der Waals surface area contributed by atoms with E-state index in [0.29, 0.717) is 5.13 Å². The van der Waals surface area contributed by atoms with Crippen molar-refractivity contribution in [2.75, 3.05) is 18.4 Å². The van der Waals surface area contributed by atoms with Crippen molar-refractivity contribution in [3.05, 3.63) is 11.1 Å². The number of thiazole rings is 1. The summed E-state index contributed by atoms with van der Waals surface area (Å²) in [4.78, 5) is 18.7. The fourth-order valence-electron chi connectivity index (χ4n) is 2.66. The molecule has 0 aromatic carbocycles. The van der Waals surface area contributed by atoms with Crippen molar-refractivity contribution in [1.82, 2.24) is 9.88 Å². The van der Waals surface area contributed by atoms with Crippen LogP contribution in [0.5, 0.6) is 0 Å². The summed E-state index contributed by atoms with van der Waals surface area (Å²) in [6, 6.07) is 0. The molecule has 6 nitrogen and oxygen atoms in total. The van der Waals surface area contributed by atoms with Gasteiger partial charge in [-0.3, -0.25) is 9.69 Å². The van der Waals surface area contributed by atoms with Gasteiger partial charge in [0.2, 0.25) is 5.91 Å². The van der Waals surface area contributed by atoms with Gasteiger partial charge in [0.15, 0.2) is 5.13 Å². The molecule has 1 saturated heterocycles. The highest BCUT2D eigenvalue weighted by molar-refractivity contribution is 7.13. The van der Waals surface area contributed by atoms with E-state index in [4.69, 9.17) is 10.5 Å². The van der Waals surface area contributed by atoms with E-state index in [9.17, 15) is 4.79 Å². The van der Waals surface area contributed by atoms with Gasteiger partial charge in [0.1, 0.15) is 0 Å². The molecule has 21 heavy (non-hydrogen) atoms. The van der Waals surface area contributed by atoms with Gasteiger partial charge in [0.05, 0.1) is 23.4 Å². The topological polar surface area (TPSA) is 80.5 Å². The number of nitrogens with two attached hydrogens (primary N) is 1. The number of carbonyl (C=O) groups excluding carboxylic acids is 1. The van der Waals surface area contributed by atoms with E-state index in [0.717, 1.165) is 38.2 Å². The van der Waals surface area contributed by atoms with Gasteiger partial charge in [0.25, 0.3) is 0 Å². The lowest BCUT2D eigenvalue weighted by Crippen LogP contribution is -2.44. The second-order valence-corrected chi connectivity index (χ2v) is 7.06. The van der Waals surface area contributed by atoms with Crippen molar-refractivity contribution in [3.8, 4) is 0 Å². The average Bonchev–Trinajstić information content (AvgIpc) is 2.99. The molecular formula is C14H22N4O2S. The van der Waals surface area contributed by atoms with Crippen molar-refractivity contribution < 1.29 is 9.53 Å². The smallest absolute Gasteiger partial charge is 0.246 e. The Bertz CT molecular complexity index is 519. The molecule has 7 heteroatoms. The highest BCUT2D eigenvalue weighted by Gasteiger charge is 2.46. The molecule has 2 aliphatic rings. The highest BCUT2D eigenvalue weighted by Crippen LogP contribution is 2.33. The summed E-state index contributed by atoms with van der Waals surface area (Å²) < 4.78 is 5.73. The van der Waals surface area contributed by atoms with Crippen molar-refractivity contribution in [3.63, 3.8) is 0 Å². The number of nitrogens with one attached hydrogen (secondary N) is 1. The number of anilines is 1. The number of amides is 1. The molecule has 1 saturated carbocycles. The first-order valence-corrected chi connectivity index (χ1v) is 8.25. The molecule has 2 unspecified atom stereocenters. The molecule has 1 aliphatic carbocycles. The van der Waals surface area contributed by atoms with Crippen LogP contribution in [-0.2, 0) is 16.1 Å². The monoisotopic (exact) mass is 310 g/mol. The van der Waals surface area contributed by atoms with E-state index in [1.165, 1.54) is 11.3 Å². The van der Waals surface area contributed by atoms with E-state index < -0.39 is 5.54 Å². The Kier molecular flexibility index (Phi) is 4.00. The predicted molar refractivity (Wildman–Crippen MR) is 82.2 cm³/mol. The van der Waals surface area contributed by atoms with Crippen LogP contribution in [-0.4, -0.2) is 46.6 Å². The molecule has 2 fully saturated rings. The summed E-state index contributed by atoms with van der Waals surface area (Å²) in [5.74, 6) is -0.114. The Hall–Kier alpha value is -1.02. The molecule has 3 rings (SSSR count). The maximum Gasteiger partial charge on any atom is 0.246 e. The summed E-state index contributed by atoms with van der Waals surface area (Å²) in [6.45, 7) is 6.79. The molecule has 3 N–H and O–H groups in total. The summed E-state index contributed by atoms with van der Waals surface area (Å²) in [5, 5.41) is 5.46. The lowest BCUT2D eigenvalue weighted by atomic mass is 10.2. The van der Waals surface area contributed by atoms with E-state index in [2.05, 4.69) is 29.0 Å². The largest absolute Gasteiger partial charge is 0.373 e. The highest BCUT2D eigenvalue weighted by atomic mass is 32.1. The van der Waals surface area contributed by atoms with Crippen molar-refractivity contribution in [2.45, 2.75) is 51.0 Å². The molecule has 2 heterocycles. The molecule has 2 atom stereocenters. The maximum absolute atomic E-state index is 11.9. The molecular weight excluding hydrogens is 288 g/mol. The minimum absolute atomic E-state index is 0.114. The lowest BCUT2D eigenvalue weighted by molar-refractivity contribution is -0.118. The quantitative estimate of drug-likeness (QED) is 0.873. The number of carbonyl (C=O) groups is 1. The summed E-state index contributed by atoms with van der Waals surface area (Å²) in [6.07, 6.45) is 2.03. The zero-order chi connectivity index (χ0) is 15.0. The zero-order valence-corrected chi connectivity index (χ0v) is 13.3. The van der Waals surface area contributed by atoms with E-state index >= 15 is 0 Å². The molecule has 0 radical (unpaired) electrons. The number of rotatable bonds is 4. The van der Waals surface area contributed by atoms with Crippen LogP contribution in [0.4, 0.5) is 5.13 Å². The van der Waals surface area contributed by atoms with Crippen LogP contribution in [0.15, 0.2) is 5.38 Å². The number of aromatic nitrogens is 1. The van der Waals surface area contributed by atoms with Crippen LogP contribution in [0.25, 0.3) is 0 Å². The second-order valence-electron chi connectivity index (χ2n) is 6.21. The molecule has 116 valence electrons. The molecule has 1 aromatic rings. The van der Waals surface area contributed by atoms with Crippen molar-refractivity contribution in [1.29, 1.82) is 0 Å². The van der Waals surface area contributed by atoms with Gasteiger partial charge >= 0.3 is 0 Å². The molecule has 0 spiro atoms. The first-order valence-electron chi connectivity index (χ1n) is 7.37. The summed E-state index contributed by atoms with van der Waals surface area (Å²) in [5.41, 5.74) is 6.20.